The van der Waals surface area contributed by atoms with Gasteiger partial charge in [-0.25, -0.2) is 0 Å². The topological polar surface area (TPSA) is 18.1 Å². The predicted molar refractivity (Wildman–Crippen MR) is 280 cm³/mol. The highest BCUT2D eigenvalue weighted by atomic mass is 16.3. The lowest BCUT2D eigenvalue weighted by Gasteiger charge is -2.19. The van der Waals surface area contributed by atoms with E-state index in [0.29, 0.717) is 0 Å². The van der Waals surface area contributed by atoms with Crippen LogP contribution in [0.25, 0.3) is 137 Å². The van der Waals surface area contributed by atoms with E-state index >= 15 is 0 Å². The highest BCUT2D eigenvalue weighted by Gasteiger charge is 2.24. The van der Waals surface area contributed by atoms with Crippen LogP contribution in [0.2, 0.25) is 0 Å². The minimum absolute atomic E-state index is 0.877. The Morgan fingerprint density at radius 2 is 0.697 bits per heavy atom. The van der Waals surface area contributed by atoms with E-state index in [2.05, 4.69) is 241 Å². The predicted octanol–water partition coefficient (Wildman–Crippen LogP) is 18.0. The highest BCUT2D eigenvalue weighted by Crippen LogP contribution is 2.50. The van der Waals surface area contributed by atoms with Crippen molar-refractivity contribution in [3.8, 4) is 50.2 Å². The number of benzene rings is 12. The third kappa shape index (κ3) is 5.30. The number of fused-ring (bicyclic) bond motifs is 10. The van der Waals surface area contributed by atoms with Crippen molar-refractivity contribution in [3.63, 3.8) is 0 Å². The molecular weight excluding hydrogens is 799 g/mol. The summed E-state index contributed by atoms with van der Waals surface area (Å²) in [5, 5.41) is 14.5. The van der Waals surface area contributed by atoms with E-state index in [1.807, 2.05) is 0 Å². The zero-order valence-electron chi connectivity index (χ0n) is 35.9. The molecule has 2 aromatic heterocycles. The average Bonchev–Trinajstić information content (AvgIpc) is 3.93. The first-order chi connectivity index (χ1) is 32.8. The van der Waals surface area contributed by atoms with Crippen molar-refractivity contribution >= 4 is 86.8 Å². The lowest BCUT2D eigenvalue weighted by Crippen LogP contribution is -1.94. The van der Waals surface area contributed by atoms with Crippen molar-refractivity contribution in [1.29, 1.82) is 0 Å². The Bertz CT molecular complexity index is 4160. The van der Waals surface area contributed by atoms with Gasteiger partial charge in [0.2, 0.25) is 0 Å². The van der Waals surface area contributed by atoms with Crippen LogP contribution in [0.5, 0.6) is 0 Å². The first kappa shape index (κ1) is 36.7. The van der Waals surface area contributed by atoms with Crippen LogP contribution in [0.1, 0.15) is 0 Å². The lowest BCUT2D eigenvalue weighted by molar-refractivity contribution is 0.669. The molecule has 306 valence electrons. The van der Waals surface area contributed by atoms with E-state index in [-0.39, 0.29) is 0 Å². The maximum atomic E-state index is 6.94. The van der Waals surface area contributed by atoms with E-state index in [1.54, 1.807) is 0 Å². The van der Waals surface area contributed by atoms with Crippen molar-refractivity contribution in [2.24, 2.45) is 0 Å². The van der Waals surface area contributed by atoms with Gasteiger partial charge in [0.15, 0.2) is 0 Å². The van der Waals surface area contributed by atoms with Gasteiger partial charge in [-0.15, -0.1) is 0 Å². The molecular formula is C64H39NO. The summed E-state index contributed by atoms with van der Waals surface area (Å²) in [6, 6.07) is 86.3. The summed E-state index contributed by atoms with van der Waals surface area (Å²) in [6.45, 7) is 0. The summed E-state index contributed by atoms with van der Waals surface area (Å²) in [7, 11) is 0. The molecule has 0 saturated heterocycles. The molecule has 0 bridgehead atoms. The van der Waals surface area contributed by atoms with Gasteiger partial charge >= 0.3 is 0 Å². The molecule has 2 heterocycles. The summed E-state index contributed by atoms with van der Waals surface area (Å²) in [5.41, 5.74) is 15.0. The van der Waals surface area contributed by atoms with Crippen molar-refractivity contribution in [2.75, 3.05) is 0 Å². The van der Waals surface area contributed by atoms with Gasteiger partial charge in [0.25, 0.3) is 0 Å². The summed E-state index contributed by atoms with van der Waals surface area (Å²) in [5.74, 6) is 0. The molecule has 14 rings (SSSR count). The Morgan fingerprint density at radius 3 is 1.27 bits per heavy atom. The first-order valence-electron chi connectivity index (χ1n) is 22.8. The summed E-state index contributed by atoms with van der Waals surface area (Å²) in [4.78, 5) is 0. The van der Waals surface area contributed by atoms with Gasteiger partial charge in [0.05, 0.1) is 11.0 Å². The Kier molecular flexibility index (Phi) is 8.02. The third-order valence-corrected chi connectivity index (χ3v) is 14.0. The van der Waals surface area contributed by atoms with E-state index in [1.165, 1.54) is 104 Å². The molecule has 0 radical (unpaired) electrons. The largest absolute Gasteiger partial charge is 0.456 e. The molecule has 0 aliphatic carbocycles. The molecule has 0 amide bonds. The molecule has 0 N–H and O–H groups in total. The number of rotatable bonds is 5. The molecule has 0 atom stereocenters. The molecule has 2 heteroatoms. The second kappa shape index (κ2) is 14.4. The Hall–Kier alpha value is -8.72. The Labute approximate surface area is 380 Å². The monoisotopic (exact) mass is 837 g/mol. The van der Waals surface area contributed by atoms with E-state index in [9.17, 15) is 0 Å². The number of aromatic nitrogens is 1. The SMILES string of the molecule is c1ccc(-c2c3ccccc3c(-c3ccc4c(c3)oc3cccc(-c5c6ccccc6c(-c6cccc7c6c6ccccc6n7-c6ccccc6)c6ccccc56)c34)c3ccccc23)cc1. The van der Waals surface area contributed by atoms with Gasteiger partial charge in [-0.1, -0.05) is 194 Å². The zero-order chi connectivity index (χ0) is 43.3. The summed E-state index contributed by atoms with van der Waals surface area (Å²) in [6.07, 6.45) is 0. The van der Waals surface area contributed by atoms with Gasteiger partial charge in [0, 0.05) is 27.2 Å². The fourth-order valence-electron chi connectivity index (χ4n) is 11.3. The smallest absolute Gasteiger partial charge is 0.136 e. The van der Waals surface area contributed by atoms with E-state index in [4.69, 9.17) is 4.42 Å². The minimum Gasteiger partial charge on any atom is -0.456 e. The molecule has 14 aromatic rings. The standard InChI is InChI=1S/C64H39NO/c1-3-19-40(20-4-1)59-43-23-7-9-25-45(43)60(46-26-10-8-24-44(46)59)41-37-38-52-58(39-41)66-57-36-18-33-54(64(52)57)62-49-29-13-11-27-47(49)61(48-28-12-14-30-50(48)62)53-32-17-35-56-63(53)51-31-15-16-34-55(51)65(56)42-21-5-2-6-22-42/h1-39H. The van der Waals surface area contributed by atoms with Gasteiger partial charge in [-0.3, -0.25) is 0 Å². The molecule has 0 aliphatic heterocycles. The third-order valence-electron chi connectivity index (χ3n) is 14.0. The normalized spacial score (nSPS) is 11.9. The van der Waals surface area contributed by atoms with Crippen LogP contribution in [0.15, 0.2) is 241 Å². The van der Waals surface area contributed by atoms with Gasteiger partial charge in [0.1, 0.15) is 11.2 Å². The van der Waals surface area contributed by atoms with E-state index in [0.717, 1.165) is 33.2 Å². The second-order valence-corrected chi connectivity index (χ2v) is 17.4. The summed E-state index contributed by atoms with van der Waals surface area (Å²) >= 11 is 0. The lowest BCUT2D eigenvalue weighted by atomic mass is 9.84. The maximum Gasteiger partial charge on any atom is 0.136 e. The molecule has 12 aromatic carbocycles. The van der Waals surface area contributed by atoms with Crippen molar-refractivity contribution in [2.45, 2.75) is 0 Å². The van der Waals surface area contributed by atoms with Gasteiger partial charge in [-0.05, 0) is 130 Å². The molecule has 66 heavy (non-hydrogen) atoms. The first-order valence-corrected chi connectivity index (χ1v) is 22.8. The van der Waals surface area contributed by atoms with Crippen LogP contribution >= 0.6 is 0 Å². The number of hydrogen-bond donors (Lipinski definition) is 0. The number of hydrogen-bond acceptors (Lipinski definition) is 1. The van der Waals surface area contributed by atoms with Crippen LogP contribution < -0.4 is 0 Å². The van der Waals surface area contributed by atoms with Crippen LogP contribution in [0, 0.1) is 0 Å². The molecule has 0 saturated carbocycles. The quantitative estimate of drug-likeness (QED) is 0.158. The molecule has 0 fully saturated rings. The summed E-state index contributed by atoms with van der Waals surface area (Å²) < 4.78 is 9.35. The molecule has 0 unspecified atom stereocenters. The van der Waals surface area contributed by atoms with Crippen molar-refractivity contribution < 1.29 is 4.42 Å². The van der Waals surface area contributed by atoms with Crippen molar-refractivity contribution in [1.82, 2.24) is 4.57 Å². The second-order valence-electron chi connectivity index (χ2n) is 17.4. The van der Waals surface area contributed by atoms with Crippen LogP contribution in [0.4, 0.5) is 0 Å². The Balaban J connectivity index is 1.01. The average molecular weight is 838 g/mol. The van der Waals surface area contributed by atoms with E-state index < -0.39 is 0 Å². The zero-order valence-corrected chi connectivity index (χ0v) is 35.9. The Morgan fingerprint density at radius 1 is 0.258 bits per heavy atom. The molecule has 2 nitrogen and oxygen atoms in total. The minimum atomic E-state index is 0.877. The number of nitrogens with zero attached hydrogens (tertiary/aromatic N) is 1. The van der Waals surface area contributed by atoms with Crippen LogP contribution in [-0.4, -0.2) is 4.57 Å². The highest BCUT2D eigenvalue weighted by molar-refractivity contribution is 6.29. The maximum absolute atomic E-state index is 6.94. The van der Waals surface area contributed by atoms with Crippen LogP contribution in [-0.2, 0) is 0 Å². The van der Waals surface area contributed by atoms with Gasteiger partial charge in [-0.2, -0.15) is 0 Å². The molecule has 0 spiro atoms. The van der Waals surface area contributed by atoms with Crippen LogP contribution in [0.3, 0.4) is 0 Å². The van der Waals surface area contributed by atoms with Crippen molar-refractivity contribution in [3.05, 3.63) is 237 Å². The van der Waals surface area contributed by atoms with Gasteiger partial charge < -0.3 is 8.98 Å². The fourth-order valence-corrected chi connectivity index (χ4v) is 11.3. The number of para-hydroxylation sites is 2. The number of furan rings is 1. The fraction of sp³-hybridized carbons (Fsp3) is 0. The molecule has 0 aliphatic rings.